The van der Waals surface area contributed by atoms with Crippen LogP contribution >= 0.6 is 11.6 Å². The maximum atomic E-state index is 11.7. The van der Waals surface area contributed by atoms with Crippen molar-refractivity contribution in [3.05, 3.63) is 27.4 Å². The first-order valence-electron chi connectivity index (χ1n) is 5.76. The van der Waals surface area contributed by atoms with Crippen molar-refractivity contribution in [2.24, 2.45) is 0 Å². The normalized spacial score (nSPS) is 18.7. The van der Waals surface area contributed by atoms with Crippen molar-refractivity contribution >= 4 is 29.1 Å². The molecule has 0 N–H and O–H groups in total. The zero-order valence-electron chi connectivity index (χ0n) is 10.6. The van der Waals surface area contributed by atoms with Crippen LogP contribution in [0, 0.1) is 10.1 Å². The highest BCUT2D eigenvalue weighted by atomic mass is 35.5. The first-order chi connectivity index (χ1) is 9.54. The third kappa shape index (κ3) is 2.81. The Balaban J connectivity index is 2.42. The highest BCUT2D eigenvalue weighted by Gasteiger charge is 2.35. The van der Waals surface area contributed by atoms with Gasteiger partial charge in [0.15, 0.2) is 6.04 Å². The van der Waals surface area contributed by atoms with E-state index in [1.54, 1.807) is 0 Å². The SMILES string of the molecule is COC(=O)C1COCCN1c1ncc(Cl)cc1[N+](=O)[O-]. The third-order valence-corrected chi connectivity index (χ3v) is 3.09. The quantitative estimate of drug-likeness (QED) is 0.467. The van der Waals surface area contributed by atoms with Crippen molar-refractivity contribution in [1.29, 1.82) is 0 Å². The number of rotatable bonds is 3. The summed E-state index contributed by atoms with van der Waals surface area (Å²) in [5.74, 6) is -0.450. The van der Waals surface area contributed by atoms with Gasteiger partial charge in [0.1, 0.15) is 0 Å². The number of nitro groups is 1. The molecule has 1 fully saturated rings. The summed E-state index contributed by atoms with van der Waals surface area (Å²) in [6.07, 6.45) is 1.30. The highest BCUT2D eigenvalue weighted by molar-refractivity contribution is 6.30. The molecule has 9 heteroatoms. The fourth-order valence-electron chi connectivity index (χ4n) is 1.97. The van der Waals surface area contributed by atoms with E-state index in [2.05, 4.69) is 9.72 Å². The van der Waals surface area contributed by atoms with Gasteiger partial charge in [-0.1, -0.05) is 11.6 Å². The van der Waals surface area contributed by atoms with Crippen molar-refractivity contribution < 1.29 is 19.2 Å². The van der Waals surface area contributed by atoms with Gasteiger partial charge in [-0.3, -0.25) is 10.1 Å². The van der Waals surface area contributed by atoms with Crippen molar-refractivity contribution in [1.82, 2.24) is 4.98 Å². The van der Waals surface area contributed by atoms with Crippen molar-refractivity contribution in [3.63, 3.8) is 0 Å². The number of esters is 1. The maximum absolute atomic E-state index is 11.7. The average molecular weight is 302 g/mol. The Bertz CT molecular complexity index is 539. The van der Waals surface area contributed by atoms with E-state index in [0.717, 1.165) is 0 Å². The maximum Gasteiger partial charge on any atom is 0.330 e. The minimum Gasteiger partial charge on any atom is -0.467 e. The van der Waals surface area contributed by atoms with Crippen LogP contribution in [0.25, 0.3) is 0 Å². The average Bonchev–Trinajstić information content (AvgIpc) is 2.46. The minimum absolute atomic E-state index is 0.0816. The predicted molar refractivity (Wildman–Crippen MR) is 69.9 cm³/mol. The number of halogens is 1. The zero-order chi connectivity index (χ0) is 14.7. The molecule has 2 heterocycles. The first-order valence-corrected chi connectivity index (χ1v) is 6.14. The fraction of sp³-hybridized carbons (Fsp3) is 0.455. The molecular formula is C11H12ClN3O5. The standard InChI is InChI=1S/C11H12ClN3O5/c1-19-11(16)9-6-20-3-2-14(9)10-8(15(17)18)4-7(12)5-13-10/h4-5,9H,2-3,6H2,1H3. The van der Waals surface area contributed by atoms with Gasteiger partial charge in [0, 0.05) is 18.8 Å². The van der Waals surface area contributed by atoms with Crippen LogP contribution in [0.4, 0.5) is 11.5 Å². The number of carbonyl (C=O) groups is 1. The molecule has 1 aromatic rings. The van der Waals surface area contributed by atoms with Crippen LogP contribution in [0.3, 0.4) is 0 Å². The van der Waals surface area contributed by atoms with E-state index in [0.29, 0.717) is 13.2 Å². The van der Waals surface area contributed by atoms with Crippen LogP contribution in [0.5, 0.6) is 0 Å². The smallest absolute Gasteiger partial charge is 0.330 e. The number of anilines is 1. The topological polar surface area (TPSA) is 94.8 Å². The molecule has 1 atom stereocenters. The van der Waals surface area contributed by atoms with Gasteiger partial charge in [-0.25, -0.2) is 9.78 Å². The molecule has 1 aromatic heterocycles. The van der Waals surface area contributed by atoms with E-state index >= 15 is 0 Å². The largest absolute Gasteiger partial charge is 0.467 e. The molecule has 0 aliphatic carbocycles. The van der Waals surface area contributed by atoms with E-state index in [-0.39, 0.29) is 23.1 Å². The molecule has 1 saturated heterocycles. The molecule has 108 valence electrons. The molecule has 8 nitrogen and oxygen atoms in total. The number of nitrogens with zero attached hydrogens (tertiary/aromatic N) is 3. The fourth-order valence-corrected chi connectivity index (χ4v) is 2.12. The summed E-state index contributed by atoms with van der Waals surface area (Å²) in [5.41, 5.74) is -0.256. The van der Waals surface area contributed by atoms with Gasteiger partial charge in [0.2, 0.25) is 5.82 Å². The van der Waals surface area contributed by atoms with E-state index in [1.165, 1.54) is 24.3 Å². The summed E-state index contributed by atoms with van der Waals surface area (Å²) in [7, 11) is 1.25. The van der Waals surface area contributed by atoms with Crippen LogP contribution in [0.15, 0.2) is 12.3 Å². The molecule has 0 aromatic carbocycles. The molecular weight excluding hydrogens is 290 g/mol. The molecule has 0 spiro atoms. The van der Waals surface area contributed by atoms with Crippen LogP contribution in [0.2, 0.25) is 5.02 Å². The number of hydrogen-bond acceptors (Lipinski definition) is 7. The second-order valence-electron chi connectivity index (χ2n) is 4.06. The number of ether oxygens (including phenoxy) is 2. The number of pyridine rings is 1. The lowest BCUT2D eigenvalue weighted by Crippen LogP contribution is -2.51. The van der Waals surface area contributed by atoms with E-state index in [1.807, 2.05) is 0 Å². The van der Waals surface area contributed by atoms with Gasteiger partial charge >= 0.3 is 11.7 Å². The van der Waals surface area contributed by atoms with Crippen LogP contribution < -0.4 is 4.90 Å². The third-order valence-electron chi connectivity index (χ3n) is 2.88. The molecule has 2 rings (SSSR count). The van der Waals surface area contributed by atoms with Crippen molar-refractivity contribution in [3.8, 4) is 0 Å². The van der Waals surface area contributed by atoms with Gasteiger partial charge in [0.05, 0.1) is 30.3 Å². The lowest BCUT2D eigenvalue weighted by Gasteiger charge is -2.34. The molecule has 1 aliphatic rings. The van der Waals surface area contributed by atoms with Gasteiger partial charge in [-0.2, -0.15) is 0 Å². The Morgan fingerprint density at radius 3 is 3.10 bits per heavy atom. The number of methoxy groups -OCH3 is 1. The second-order valence-corrected chi connectivity index (χ2v) is 4.50. The Morgan fingerprint density at radius 2 is 2.45 bits per heavy atom. The van der Waals surface area contributed by atoms with E-state index in [9.17, 15) is 14.9 Å². The van der Waals surface area contributed by atoms with Gasteiger partial charge in [0.25, 0.3) is 0 Å². The number of morpholine rings is 1. The molecule has 0 bridgehead atoms. The molecule has 0 amide bonds. The number of carbonyl (C=O) groups excluding carboxylic acids is 1. The van der Waals surface area contributed by atoms with Crippen molar-refractivity contribution in [2.45, 2.75) is 6.04 Å². The molecule has 0 radical (unpaired) electrons. The highest BCUT2D eigenvalue weighted by Crippen LogP contribution is 2.30. The number of aromatic nitrogens is 1. The summed E-state index contributed by atoms with van der Waals surface area (Å²) in [6, 6.07) is 0.439. The Kier molecular flexibility index (Phi) is 4.35. The van der Waals surface area contributed by atoms with Crippen LogP contribution in [0.1, 0.15) is 0 Å². The Labute approximate surface area is 119 Å². The summed E-state index contributed by atoms with van der Waals surface area (Å²) in [4.78, 5) is 27.7. The summed E-state index contributed by atoms with van der Waals surface area (Å²) >= 11 is 5.72. The summed E-state index contributed by atoms with van der Waals surface area (Å²) in [6.45, 7) is 0.734. The lowest BCUT2D eigenvalue weighted by molar-refractivity contribution is -0.384. The Morgan fingerprint density at radius 1 is 1.70 bits per heavy atom. The zero-order valence-corrected chi connectivity index (χ0v) is 11.4. The number of hydrogen-bond donors (Lipinski definition) is 0. The summed E-state index contributed by atoms with van der Waals surface area (Å²) in [5, 5.41) is 11.3. The van der Waals surface area contributed by atoms with Gasteiger partial charge in [-0.15, -0.1) is 0 Å². The summed E-state index contributed by atoms with van der Waals surface area (Å²) < 4.78 is 9.90. The van der Waals surface area contributed by atoms with Gasteiger partial charge in [-0.05, 0) is 0 Å². The second kappa shape index (κ2) is 6.02. The van der Waals surface area contributed by atoms with Crippen LogP contribution in [-0.4, -0.2) is 48.8 Å². The van der Waals surface area contributed by atoms with Gasteiger partial charge < -0.3 is 14.4 Å². The van der Waals surface area contributed by atoms with E-state index < -0.39 is 16.9 Å². The lowest BCUT2D eigenvalue weighted by atomic mass is 10.2. The van der Waals surface area contributed by atoms with E-state index in [4.69, 9.17) is 16.3 Å². The monoisotopic (exact) mass is 301 g/mol. The molecule has 0 saturated carbocycles. The van der Waals surface area contributed by atoms with Crippen LogP contribution in [-0.2, 0) is 14.3 Å². The minimum atomic E-state index is -0.763. The first kappa shape index (κ1) is 14.5. The molecule has 1 aliphatic heterocycles. The molecule has 1 unspecified atom stereocenters. The van der Waals surface area contributed by atoms with Crippen molar-refractivity contribution in [2.75, 3.05) is 31.8 Å². The molecule has 20 heavy (non-hydrogen) atoms. The predicted octanol–water partition coefficient (Wildman–Crippen LogP) is 1.02. The Hall–Kier alpha value is -1.93.